The van der Waals surface area contributed by atoms with Gasteiger partial charge in [0.25, 0.3) is 5.69 Å². The Morgan fingerprint density at radius 2 is 2.14 bits per heavy atom. The van der Waals surface area contributed by atoms with Crippen LogP contribution in [-0.2, 0) is 4.79 Å². The van der Waals surface area contributed by atoms with E-state index in [4.69, 9.17) is 4.98 Å². The highest BCUT2D eigenvalue weighted by Crippen LogP contribution is 2.26. The molecular formula is C20H21N5O3. The first kappa shape index (κ1) is 18.1. The number of nitrogens with zero attached hydrogens (tertiary/aromatic N) is 3. The molecule has 0 aliphatic carbocycles. The second-order valence-corrected chi connectivity index (χ2v) is 7.07. The first-order valence-corrected chi connectivity index (χ1v) is 9.30. The minimum absolute atomic E-state index is 0.0410. The number of carbonyl (C=O) groups excluding carboxylic acids is 1. The van der Waals surface area contributed by atoms with Gasteiger partial charge >= 0.3 is 0 Å². The van der Waals surface area contributed by atoms with E-state index in [1.165, 1.54) is 12.1 Å². The van der Waals surface area contributed by atoms with Crippen LogP contribution in [0.2, 0.25) is 0 Å². The highest BCUT2D eigenvalue weighted by atomic mass is 16.6. The van der Waals surface area contributed by atoms with Crippen LogP contribution in [0.15, 0.2) is 48.5 Å². The molecule has 0 saturated carbocycles. The Balaban J connectivity index is 1.38. The minimum atomic E-state index is -0.474. The Kier molecular flexibility index (Phi) is 5.03. The normalized spacial score (nSPS) is 17.5. The maximum atomic E-state index is 12.4. The standard InChI is InChI=1S/C20H21N5O3/c26-19(21-15-6-3-7-16(11-15)25(27)28)13-24-10-4-5-14(12-24)20-22-17-8-1-2-9-18(17)23-20/h1-3,6-9,11,14H,4-5,10,12-13H2,(H,21,26)(H,22,23). The van der Waals surface area contributed by atoms with Crippen LogP contribution < -0.4 is 5.32 Å². The number of anilines is 1. The predicted molar refractivity (Wildman–Crippen MR) is 106 cm³/mol. The first-order valence-electron chi connectivity index (χ1n) is 9.30. The van der Waals surface area contributed by atoms with Gasteiger partial charge in [0.15, 0.2) is 0 Å². The summed E-state index contributed by atoms with van der Waals surface area (Å²) in [5, 5.41) is 13.6. The van der Waals surface area contributed by atoms with Gasteiger partial charge in [-0.15, -0.1) is 0 Å². The van der Waals surface area contributed by atoms with Crippen molar-refractivity contribution in [1.29, 1.82) is 0 Å². The lowest BCUT2D eigenvalue weighted by molar-refractivity contribution is -0.384. The molecule has 4 rings (SSSR count). The van der Waals surface area contributed by atoms with E-state index in [0.717, 1.165) is 42.8 Å². The summed E-state index contributed by atoms with van der Waals surface area (Å²) in [6.45, 7) is 1.85. The van der Waals surface area contributed by atoms with Crippen LogP contribution in [0, 0.1) is 10.1 Å². The van der Waals surface area contributed by atoms with Crippen LogP contribution in [0.25, 0.3) is 11.0 Å². The van der Waals surface area contributed by atoms with Crippen LogP contribution in [0.5, 0.6) is 0 Å². The zero-order chi connectivity index (χ0) is 19.5. The number of imidazole rings is 1. The van der Waals surface area contributed by atoms with Gasteiger partial charge in [-0.05, 0) is 37.6 Å². The number of nitro benzene ring substituents is 1. The molecule has 1 saturated heterocycles. The number of para-hydroxylation sites is 2. The molecule has 0 radical (unpaired) electrons. The molecule has 1 amide bonds. The summed E-state index contributed by atoms with van der Waals surface area (Å²) >= 11 is 0. The number of rotatable bonds is 5. The number of piperidine rings is 1. The summed E-state index contributed by atoms with van der Waals surface area (Å²) in [6.07, 6.45) is 2.02. The fourth-order valence-electron chi connectivity index (χ4n) is 3.69. The second-order valence-electron chi connectivity index (χ2n) is 7.07. The lowest BCUT2D eigenvalue weighted by Gasteiger charge is -2.31. The fourth-order valence-corrected chi connectivity index (χ4v) is 3.69. The van der Waals surface area contributed by atoms with E-state index in [2.05, 4.69) is 15.2 Å². The molecule has 8 heteroatoms. The number of fused-ring (bicyclic) bond motifs is 1. The number of likely N-dealkylation sites (tertiary alicyclic amines) is 1. The number of hydrogen-bond donors (Lipinski definition) is 2. The lowest BCUT2D eigenvalue weighted by Crippen LogP contribution is -2.40. The SMILES string of the molecule is O=C(CN1CCCC(c2nc3ccccc3[nH]2)C1)Nc1cccc([N+](=O)[O-])c1. The maximum absolute atomic E-state index is 12.4. The van der Waals surface area contributed by atoms with Crippen molar-refractivity contribution in [2.45, 2.75) is 18.8 Å². The van der Waals surface area contributed by atoms with Crippen molar-refractivity contribution in [3.05, 3.63) is 64.5 Å². The summed E-state index contributed by atoms with van der Waals surface area (Å²) in [7, 11) is 0. The number of hydrogen-bond acceptors (Lipinski definition) is 5. The van der Waals surface area contributed by atoms with E-state index in [9.17, 15) is 14.9 Å². The van der Waals surface area contributed by atoms with Gasteiger partial charge in [-0.25, -0.2) is 4.98 Å². The van der Waals surface area contributed by atoms with Gasteiger partial charge in [0.05, 0.1) is 22.5 Å². The predicted octanol–water partition coefficient (Wildman–Crippen LogP) is 3.29. The van der Waals surface area contributed by atoms with Gasteiger partial charge in [0.2, 0.25) is 5.91 Å². The van der Waals surface area contributed by atoms with E-state index >= 15 is 0 Å². The van der Waals surface area contributed by atoms with Gasteiger partial charge in [-0.2, -0.15) is 0 Å². The monoisotopic (exact) mass is 379 g/mol. The Morgan fingerprint density at radius 3 is 2.96 bits per heavy atom. The van der Waals surface area contributed by atoms with Crippen molar-refractivity contribution in [3.8, 4) is 0 Å². The number of non-ortho nitro benzene ring substituents is 1. The van der Waals surface area contributed by atoms with E-state index in [0.29, 0.717) is 5.69 Å². The summed E-state index contributed by atoms with van der Waals surface area (Å²) in [6, 6.07) is 13.9. The van der Waals surface area contributed by atoms with Crippen molar-refractivity contribution in [2.24, 2.45) is 0 Å². The van der Waals surface area contributed by atoms with Crippen molar-refractivity contribution in [1.82, 2.24) is 14.9 Å². The molecule has 2 heterocycles. The van der Waals surface area contributed by atoms with E-state index in [1.807, 2.05) is 24.3 Å². The van der Waals surface area contributed by atoms with Crippen molar-refractivity contribution in [3.63, 3.8) is 0 Å². The highest BCUT2D eigenvalue weighted by Gasteiger charge is 2.25. The molecular weight excluding hydrogens is 358 g/mol. The number of benzene rings is 2. The van der Waals surface area contributed by atoms with Crippen molar-refractivity contribution in [2.75, 3.05) is 25.0 Å². The zero-order valence-corrected chi connectivity index (χ0v) is 15.3. The molecule has 1 fully saturated rings. The summed E-state index contributed by atoms with van der Waals surface area (Å²) in [5.74, 6) is 1.04. The zero-order valence-electron chi connectivity index (χ0n) is 15.3. The third-order valence-electron chi connectivity index (χ3n) is 5.01. The molecule has 0 bridgehead atoms. The third kappa shape index (κ3) is 4.01. The molecule has 1 unspecified atom stereocenters. The lowest BCUT2D eigenvalue weighted by atomic mass is 9.97. The first-order chi connectivity index (χ1) is 13.6. The van der Waals surface area contributed by atoms with Gasteiger partial charge < -0.3 is 10.3 Å². The number of carbonyl (C=O) groups is 1. The van der Waals surface area contributed by atoms with Crippen molar-refractivity contribution < 1.29 is 9.72 Å². The number of H-pyrrole nitrogens is 1. The molecule has 2 aromatic carbocycles. The molecule has 144 valence electrons. The average Bonchev–Trinajstić information content (AvgIpc) is 3.12. The molecule has 28 heavy (non-hydrogen) atoms. The number of aromatic nitrogens is 2. The van der Waals surface area contributed by atoms with Crippen molar-refractivity contribution >= 4 is 28.3 Å². The minimum Gasteiger partial charge on any atom is -0.342 e. The van der Waals surface area contributed by atoms with Crippen LogP contribution in [0.4, 0.5) is 11.4 Å². The Labute approximate surface area is 161 Å². The molecule has 1 atom stereocenters. The number of amides is 1. The smallest absolute Gasteiger partial charge is 0.271 e. The number of nitrogens with one attached hydrogen (secondary N) is 2. The number of aromatic amines is 1. The van der Waals surface area contributed by atoms with Crippen LogP contribution in [0.3, 0.4) is 0 Å². The van der Waals surface area contributed by atoms with Crippen LogP contribution >= 0.6 is 0 Å². The Bertz CT molecular complexity index is 983. The van der Waals surface area contributed by atoms with E-state index in [1.54, 1.807) is 12.1 Å². The van der Waals surface area contributed by atoms with Gasteiger partial charge in [0, 0.05) is 30.3 Å². The molecule has 3 aromatic rings. The fraction of sp³-hybridized carbons (Fsp3) is 0.300. The number of nitro groups is 1. The summed E-state index contributed by atoms with van der Waals surface area (Å²) < 4.78 is 0. The Morgan fingerprint density at radius 1 is 1.29 bits per heavy atom. The maximum Gasteiger partial charge on any atom is 0.271 e. The summed E-state index contributed by atoms with van der Waals surface area (Å²) in [4.78, 5) is 33.0. The quantitative estimate of drug-likeness (QED) is 0.523. The topological polar surface area (TPSA) is 104 Å². The summed E-state index contributed by atoms with van der Waals surface area (Å²) in [5.41, 5.74) is 2.38. The van der Waals surface area contributed by atoms with E-state index < -0.39 is 4.92 Å². The molecule has 1 aromatic heterocycles. The largest absolute Gasteiger partial charge is 0.342 e. The molecule has 8 nitrogen and oxygen atoms in total. The van der Waals surface area contributed by atoms with Gasteiger partial charge in [0.1, 0.15) is 5.82 Å². The molecule has 0 spiro atoms. The Hall–Kier alpha value is -3.26. The second kappa shape index (κ2) is 7.77. The highest BCUT2D eigenvalue weighted by molar-refractivity contribution is 5.92. The molecule has 2 N–H and O–H groups in total. The van der Waals surface area contributed by atoms with E-state index in [-0.39, 0.29) is 24.1 Å². The molecule has 1 aliphatic rings. The van der Waals surface area contributed by atoms with Crippen LogP contribution in [0.1, 0.15) is 24.6 Å². The molecule has 1 aliphatic heterocycles. The third-order valence-corrected chi connectivity index (χ3v) is 5.01. The average molecular weight is 379 g/mol. The van der Waals surface area contributed by atoms with Crippen LogP contribution in [-0.4, -0.2) is 45.3 Å². The van der Waals surface area contributed by atoms with Gasteiger partial charge in [-0.3, -0.25) is 19.8 Å². The van der Waals surface area contributed by atoms with Gasteiger partial charge in [-0.1, -0.05) is 18.2 Å².